The van der Waals surface area contributed by atoms with E-state index in [1.807, 2.05) is 6.07 Å². The highest BCUT2D eigenvalue weighted by atomic mass is 16.3. The second kappa shape index (κ2) is 7.63. The molecule has 0 fully saturated rings. The van der Waals surface area contributed by atoms with Gasteiger partial charge in [-0.15, -0.1) is 0 Å². The van der Waals surface area contributed by atoms with E-state index < -0.39 is 0 Å². The fourth-order valence-electron chi connectivity index (χ4n) is 2.48. The number of aliphatic hydroxyl groups is 1. The summed E-state index contributed by atoms with van der Waals surface area (Å²) in [5.74, 6) is 0. The summed E-state index contributed by atoms with van der Waals surface area (Å²) in [4.78, 5) is 2.28. The summed E-state index contributed by atoms with van der Waals surface area (Å²) in [6, 6.07) is 10.9. The summed E-state index contributed by atoms with van der Waals surface area (Å²) in [7, 11) is 2.11. The topological polar surface area (TPSA) is 35.5 Å². The summed E-state index contributed by atoms with van der Waals surface area (Å²) in [5, 5.41) is 13.0. The number of likely N-dealkylation sites (N-methyl/N-ethyl adjacent to an activating group) is 1. The van der Waals surface area contributed by atoms with Crippen LogP contribution in [0.25, 0.3) is 0 Å². The lowest BCUT2D eigenvalue weighted by Gasteiger charge is -2.35. The molecule has 1 unspecified atom stereocenters. The first-order valence-corrected chi connectivity index (χ1v) is 7.06. The molecule has 0 bridgehead atoms. The third-order valence-electron chi connectivity index (χ3n) is 3.23. The van der Waals surface area contributed by atoms with Crippen molar-refractivity contribution >= 4 is 0 Å². The summed E-state index contributed by atoms with van der Waals surface area (Å²) in [6.45, 7) is 8.29. The van der Waals surface area contributed by atoms with E-state index in [0.29, 0.717) is 6.04 Å². The first-order valence-electron chi connectivity index (χ1n) is 7.06. The van der Waals surface area contributed by atoms with Gasteiger partial charge >= 0.3 is 0 Å². The van der Waals surface area contributed by atoms with Gasteiger partial charge in [-0.2, -0.15) is 0 Å². The molecule has 0 aliphatic heterocycles. The fraction of sp³-hybridized carbons (Fsp3) is 0.625. The van der Waals surface area contributed by atoms with Gasteiger partial charge in [0.2, 0.25) is 0 Å². The lowest BCUT2D eigenvalue weighted by molar-refractivity contribution is 0.125. The molecule has 0 aliphatic carbocycles. The van der Waals surface area contributed by atoms with Crippen LogP contribution in [0.15, 0.2) is 30.3 Å². The average Bonchev–Trinajstić information content (AvgIpc) is 2.36. The van der Waals surface area contributed by atoms with Gasteiger partial charge in [0.25, 0.3) is 0 Å². The number of hydrogen-bond acceptors (Lipinski definition) is 3. The molecule has 0 amide bonds. The minimum atomic E-state index is -0.237. The summed E-state index contributed by atoms with van der Waals surface area (Å²) in [5.41, 5.74) is 1.12. The van der Waals surface area contributed by atoms with E-state index in [4.69, 9.17) is 0 Å². The Labute approximate surface area is 117 Å². The van der Waals surface area contributed by atoms with Crippen molar-refractivity contribution in [2.45, 2.75) is 38.8 Å². The number of benzene rings is 1. The SMILES string of the molecule is CC(C)NC(C)(CO)CN(C)CCc1ccccc1. The maximum Gasteiger partial charge on any atom is 0.0623 e. The van der Waals surface area contributed by atoms with Crippen LogP contribution in [0, 0.1) is 0 Å². The van der Waals surface area contributed by atoms with Crippen LogP contribution >= 0.6 is 0 Å². The lowest BCUT2D eigenvalue weighted by Crippen LogP contribution is -2.55. The molecule has 0 aromatic heterocycles. The third-order valence-corrected chi connectivity index (χ3v) is 3.23. The minimum absolute atomic E-state index is 0.154. The standard InChI is InChI=1S/C16H28N2O/c1-14(2)17-16(3,13-19)12-18(4)11-10-15-8-6-5-7-9-15/h5-9,14,17,19H,10-13H2,1-4H3. The molecule has 2 N–H and O–H groups in total. The maximum atomic E-state index is 9.58. The quantitative estimate of drug-likeness (QED) is 0.753. The average molecular weight is 264 g/mol. The normalized spacial score (nSPS) is 14.9. The molecule has 19 heavy (non-hydrogen) atoms. The largest absolute Gasteiger partial charge is 0.394 e. The van der Waals surface area contributed by atoms with Crippen LogP contribution < -0.4 is 5.32 Å². The Kier molecular flexibility index (Phi) is 6.49. The Bertz CT molecular complexity index is 353. The highest BCUT2D eigenvalue weighted by Gasteiger charge is 2.25. The molecular weight excluding hydrogens is 236 g/mol. The Balaban J connectivity index is 2.43. The summed E-state index contributed by atoms with van der Waals surface area (Å²) >= 11 is 0. The molecule has 108 valence electrons. The highest BCUT2D eigenvalue weighted by Crippen LogP contribution is 2.08. The third kappa shape index (κ3) is 6.19. The molecule has 0 saturated carbocycles. The first kappa shape index (κ1) is 16.2. The monoisotopic (exact) mass is 264 g/mol. The van der Waals surface area contributed by atoms with E-state index in [-0.39, 0.29) is 12.1 Å². The zero-order valence-corrected chi connectivity index (χ0v) is 12.7. The van der Waals surface area contributed by atoms with Crippen molar-refractivity contribution in [1.29, 1.82) is 0 Å². The molecule has 1 aromatic rings. The molecule has 3 heteroatoms. The van der Waals surface area contributed by atoms with Gasteiger partial charge in [0.1, 0.15) is 0 Å². The highest BCUT2D eigenvalue weighted by molar-refractivity contribution is 5.14. The minimum Gasteiger partial charge on any atom is -0.394 e. The van der Waals surface area contributed by atoms with Crippen molar-refractivity contribution in [3.63, 3.8) is 0 Å². The predicted molar refractivity (Wildman–Crippen MR) is 81.4 cm³/mol. The van der Waals surface area contributed by atoms with Gasteiger partial charge in [-0.05, 0) is 26.0 Å². The second-order valence-corrected chi connectivity index (χ2v) is 5.99. The number of hydrogen-bond donors (Lipinski definition) is 2. The van der Waals surface area contributed by atoms with E-state index in [1.54, 1.807) is 0 Å². The first-order chi connectivity index (χ1) is 8.95. The molecule has 0 aliphatic rings. The molecule has 0 saturated heterocycles. The summed E-state index contributed by atoms with van der Waals surface area (Å²) in [6.07, 6.45) is 1.04. The molecular formula is C16H28N2O. The van der Waals surface area contributed by atoms with E-state index in [1.165, 1.54) is 5.56 Å². The molecule has 0 radical (unpaired) electrons. The van der Waals surface area contributed by atoms with Crippen molar-refractivity contribution in [3.05, 3.63) is 35.9 Å². The molecule has 1 atom stereocenters. The maximum absolute atomic E-state index is 9.58. The van der Waals surface area contributed by atoms with Crippen LogP contribution in [0.3, 0.4) is 0 Å². The van der Waals surface area contributed by atoms with Crippen LogP contribution in [0.4, 0.5) is 0 Å². The number of nitrogens with zero attached hydrogens (tertiary/aromatic N) is 1. The van der Waals surface area contributed by atoms with E-state index in [9.17, 15) is 5.11 Å². The van der Waals surface area contributed by atoms with Crippen LogP contribution in [0.1, 0.15) is 26.3 Å². The van der Waals surface area contributed by atoms with E-state index >= 15 is 0 Å². The molecule has 1 aromatic carbocycles. The van der Waals surface area contributed by atoms with Gasteiger partial charge in [0.05, 0.1) is 12.1 Å². The predicted octanol–water partition coefficient (Wildman–Crippen LogP) is 1.91. The van der Waals surface area contributed by atoms with E-state index in [2.05, 4.69) is 62.3 Å². The zero-order chi connectivity index (χ0) is 14.3. The smallest absolute Gasteiger partial charge is 0.0623 e. The van der Waals surface area contributed by atoms with Gasteiger partial charge in [-0.1, -0.05) is 44.2 Å². The van der Waals surface area contributed by atoms with Crippen molar-refractivity contribution in [1.82, 2.24) is 10.2 Å². The van der Waals surface area contributed by atoms with Crippen LogP contribution in [0.2, 0.25) is 0 Å². The van der Waals surface area contributed by atoms with Gasteiger partial charge in [0.15, 0.2) is 0 Å². The van der Waals surface area contributed by atoms with Gasteiger partial charge in [-0.25, -0.2) is 0 Å². The van der Waals surface area contributed by atoms with E-state index in [0.717, 1.165) is 19.5 Å². The lowest BCUT2D eigenvalue weighted by atomic mass is 10.0. The van der Waals surface area contributed by atoms with Crippen LogP contribution in [0.5, 0.6) is 0 Å². The number of rotatable bonds is 8. The van der Waals surface area contributed by atoms with Gasteiger partial charge in [-0.3, -0.25) is 0 Å². The Morgan fingerprint density at radius 1 is 1.26 bits per heavy atom. The second-order valence-electron chi connectivity index (χ2n) is 5.99. The Morgan fingerprint density at radius 2 is 1.89 bits per heavy atom. The molecule has 1 rings (SSSR count). The van der Waals surface area contributed by atoms with Crippen molar-refractivity contribution in [3.8, 4) is 0 Å². The van der Waals surface area contributed by atoms with Crippen molar-refractivity contribution in [2.75, 3.05) is 26.7 Å². The van der Waals surface area contributed by atoms with Crippen LogP contribution in [-0.2, 0) is 6.42 Å². The Morgan fingerprint density at radius 3 is 2.42 bits per heavy atom. The zero-order valence-electron chi connectivity index (χ0n) is 12.7. The molecule has 0 spiro atoms. The Hall–Kier alpha value is -0.900. The van der Waals surface area contributed by atoms with Crippen LogP contribution in [-0.4, -0.2) is 48.3 Å². The summed E-state index contributed by atoms with van der Waals surface area (Å²) < 4.78 is 0. The molecule has 3 nitrogen and oxygen atoms in total. The number of aliphatic hydroxyl groups excluding tert-OH is 1. The van der Waals surface area contributed by atoms with Crippen molar-refractivity contribution < 1.29 is 5.11 Å². The molecule has 0 heterocycles. The fourth-order valence-corrected chi connectivity index (χ4v) is 2.48. The van der Waals surface area contributed by atoms with Crippen molar-refractivity contribution in [2.24, 2.45) is 0 Å². The van der Waals surface area contributed by atoms with Gasteiger partial charge in [0, 0.05) is 19.1 Å². The number of nitrogens with one attached hydrogen (secondary N) is 1. The van der Waals surface area contributed by atoms with Gasteiger partial charge < -0.3 is 15.3 Å².